The number of piperazine rings is 1. The molecule has 2 aromatic heterocycles. The van der Waals surface area contributed by atoms with Crippen molar-refractivity contribution in [3.63, 3.8) is 0 Å². The van der Waals surface area contributed by atoms with Crippen molar-refractivity contribution in [2.24, 2.45) is 5.92 Å². The third-order valence-corrected chi connectivity index (χ3v) is 4.31. The Hall–Kier alpha value is -2.83. The van der Waals surface area contributed by atoms with Crippen LogP contribution in [0.15, 0.2) is 41.1 Å². The van der Waals surface area contributed by atoms with Crippen LogP contribution in [0.4, 0.5) is 5.69 Å². The van der Waals surface area contributed by atoms with E-state index in [0.29, 0.717) is 50.1 Å². The van der Waals surface area contributed by atoms with Gasteiger partial charge in [-0.1, -0.05) is 13.8 Å². The SMILES string of the molecule is CC(C)CNC(=O)c1cc(N2CCN(C(=O)c3ccco3)CC2)ccn1. The van der Waals surface area contributed by atoms with Gasteiger partial charge in [0.2, 0.25) is 0 Å². The molecule has 0 spiro atoms. The van der Waals surface area contributed by atoms with Crippen LogP contribution >= 0.6 is 0 Å². The van der Waals surface area contributed by atoms with Crippen LogP contribution in [0.25, 0.3) is 0 Å². The van der Waals surface area contributed by atoms with Gasteiger partial charge in [-0.05, 0) is 30.2 Å². The third kappa shape index (κ3) is 4.22. The summed E-state index contributed by atoms with van der Waals surface area (Å²) in [4.78, 5) is 32.6. The number of rotatable bonds is 5. The van der Waals surface area contributed by atoms with E-state index in [2.05, 4.69) is 15.2 Å². The minimum Gasteiger partial charge on any atom is -0.459 e. The molecule has 7 nitrogen and oxygen atoms in total. The molecule has 1 aliphatic heterocycles. The van der Waals surface area contributed by atoms with Crippen molar-refractivity contribution in [1.29, 1.82) is 0 Å². The molecule has 1 fully saturated rings. The van der Waals surface area contributed by atoms with Crippen LogP contribution in [0.1, 0.15) is 34.9 Å². The fourth-order valence-electron chi connectivity index (χ4n) is 2.85. The van der Waals surface area contributed by atoms with Crippen LogP contribution in [0.5, 0.6) is 0 Å². The van der Waals surface area contributed by atoms with Crippen molar-refractivity contribution in [1.82, 2.24) is 15.2 Å². The molecule has 3 heterocycles. The molecular formula is C19H24N4O3. The molecule has 1 saturated heterocycles. The predicted octanol–water partition coefficient (Wildman–Crippen LogP) is 2.02. The van der Waals surface area contributed by atoms with E-state index < -0.39 is 0 Å². The lowest BCUT2D eigenvalue weighted by atomic mass is 10.2. The Labute approximate surface area is 153 Å². The maximum atomic E-state index is 12.3. The zero-order valence-corrected chi connectivity index (χ0v) is 15.1. The van der Waals surface area contributed by atoms with Gasteiger partial charge < -0.3 is 19.5 Å². The lowest BCUT2D eigenvalue weighted by molar-refractivity contribution is 0.0714. The molecule has 0 aliphatic carbocycles. The molecular weight excluding hydrogens is 332 g/mol. The molecule has 0 saturated carbocycles. The first kappa shape index (κ1) is 18.0. The summed E-state index contributed by atoms with van der Waals surface area (Å²) in [6.07, 6.45) is 3.16. The van der Waals surface area contributed by atoms with Crippen LogP contribution in [-0.4, -0.2) is 54.4 Å². The second kappa shape index (κ2) is 8.03. The number of aromatic nitrogens is 1. The van der Waals surface area contributed by atoms with E-state index in [1.54, 1.807) is 29.3 Å². The highest BCUT2D eigenvalue weighted by Gasteiger charge is 2.24. The molecule has 1 N–H and O–H groups in total. The van der Waals surface area contributed by atoms with Gasteiger partial charge >= 0.3 is 0 Å². The second-order valence-corrected chi connectivity index (χ2v) is 6.76. The molecule has 0 radical (unpaired) electrons. The minimum absolute atomic E-state index is 0.0851. The minimum atomic E-state index is -0.160. The zero-order chi connectivity index (χ0) is 18.5. The van der Waals surface area contributed by atoms with Gasteiger partial charge in [-0.3, -0.25) is 14.6 Å². The van der Waals surface area contributed by atoms with E-state index in [9.17, 15) is 9.59 Å². The summed E-state index contributed by atoms with van der Waals surface area (Å²) in [5.74, 6) is 0.513. The number of nitrogens with zero attached hydrogens (tertiary/aromatic N) is 3. The van der Waals surface area contributed by atoms with Crippen LogP contribution in [-0.2, 0) is 0 Å². The third-order valence-electron chi connectivity index (χ3n) is 4.31. The van der Waals surface area contributed by atoms with Crippen molar-refractivity contribution in [3.05, 3.63) is 48.2 Å². The number of pyridine rings is 1. The average molecular weight is 356 g/mol. The quantitative estimate of drug-likeness (QED) is 0.887. The Bertz CT molecular complexity index is 750. The summed E-state index contributed by atoms with van der Waals surface area (Å²) in [5, 5.41) is 2.88. The van der Waals surface area contributed by atoms with Crippen molar-refractivity contribution < 1.29 is 14.0 Å². The highest BCUT2D eigenvalue weighted by molar-refractivity contribution is 5.93. The van der Waals surface area contributed by atoms with E-state index in [1.807, 2.05) is 19.9 Å². The Kier molecular flexibility index (Phi) is 5.55. The first-order chi connectivity index (χ1) is 12.5. The van der Waals surface area contributed by atoms with Gasteiger partial charge in [-0.25, -0.2) is 0 Å². The van der Waals surface area contributed by atoms with Crippen LogP contribution in [0.3, 0.4) is 0 Å². The monoisotopic (exact) mass is 356 g/mol. The summed E-state index contributed by atoms with van der Waals surface area (Å²) in [6, 6.07) is 7.09. The molecule has 0 unspecified atom stereocenters. The fourth-order valence-corrected chi connectivity index (χ4v) is 2.85. The number of hydrogen-bond donors (Lipinski definition) is 1. The van der Waals surface area contributed by atoms with Gasteiger partial charge in [0.25, 0.3) is 11.8 Å². The number of hydrogen-bond acceptors (Lipinski definition) is 5. The van der Waals surface area contributed by atoms with E-state index in [-0.39, 0.29) is 11.8 Å². The van der Waals surface area contributed by atoms with Crippen LogP contribution in [0, 0.1) is 5.92 Å². The summed E-state index contributed by atoms with van der Waals surface area (Å²) in [6.45, 7) is 7.33. The van der Waals surface area contributed by atoms with Gasteiger partial charge in [0, 0.05) is 44.6 Å². The molecule has 138 valence electrons. The lowest BCUT2D eigenvalue weighted by Gasteiger charge is -2.35. The summed E-state index contributed by atoms with van der Waals surface area (Å²) < 4.78 is 5.18. The summed E-state index contributed by atoms with van der Waals surface area (Å²) in [7, 11) is 0. The standard InChI is InChI=1S/C19H24N4O3/c1-14(2)13-21-18(24)16-12-15(5-6-20-16)22-7-9-23(10-8-22)19(25)17-4-3-11-26-17/h3-6,11-12,14H,7-10,13H2,1-2H3,(H,21,24). The van der Waals surface area contributed by atoms with Crippen LogP contribution in [0.2, 0.25) is 0 Å². The predicted molar refractivity (Wildman–Crippen MR) is 98.2 cm³/mol. The van der Waals surface area contributed by atoms with E-state index in [1.165, 1.54) is 6.26 Å². The normalized spacial score (nSPS) is 14.6. The van der Waals surface area contributed by atoms with E-state index in [0.717, 1.165) is 5.69 Å². The maximum Gasteiger partial charge on any atom is 0.289 e. The average Bonchev–Trinajstić information content (AvgIpc) is 3.20. The molecule has 0 atom stereocenters. The molecule has 7 heteroatoms. The molecule has 2 amide bonds. The first-order valence-corrected chi connectivity index (χ1v) is 8.86. The largest absolute Gasteiger partial charge is 0.459 e. The van der Waals surface area contributed by atoms with Gasteiger partial charge in [-0.15, -0.1) is 0 Å². The van der Waals surface area contributed by atoms with Crippen molar-refractivity contribution in [2.45, 2.75) is 13.8 Å². The molecule has 0 bridgehead atoms. The maximum absolute atomic E-state index is 12.3. The molecule has 2 aromatic rings. The number of carbonyl (C=O) groups is 2. The number of anilines is 1. The number of furan rings is 1. The Morgan fingerprint density at radius 2 is 2.00 bits per heavy atom. The smallest absolute Gasteiger partial charge is 0.289 e. The molecule has 1 aliphatic rings. The molecule has 26 heavy (non-hydrogen) atoms. The lowest BCUT2D eigenvalue weighted by Crippen LogP contribution is -2.48. The van der Waals surface area contributed by atoms with E-state index >= 15 is 0 Å². The van der Waals surface area contributed by atoms with E-state index in [4.69, 9.17) is 4.42 Å². The topological polar surface area (TPSA) is 78.7 Å². The summed E-state index contributed by atoms with van der Waals surface area (Å²) in [5.41, 5.74) is 1.36. The van der Waals surface area contributed by atoms with Crippen molar-refractivity contribution in [2.75, 3.05) is 37.6 Å². The van der Waals surface area contributed by atoms with Gasteiger partial charge in [0.05, 0.1) is 6.26 Å². The number of carbonyl (C=O) groups excluding carboxylic acids is 2. The number of amides is 2. The summed E-state index contributed by atoms with van der Waals surface area (Å²) >= 11 is 0. The van der Waals surface area contributed by atoms with Crippen molar-refractivity contribution in [3.8, 4) is 0 Å². The first-order valence-electron chi connectivity index (χ1n) is 8.86. The van der Waals surface area contributed by atoms with Crippen molar-refractivity contribution >= 4 is 17.5 Å². The highest BCUT2D eigenvalue weighted by atomic mass is 16.3. The highest BCUT2D eigenvalue weighted by Crippen LogP contribution is 2.18. The zero-order valence-electron chi connectivity index (χ0n) is 15.1. The van der Waals surface area contributed by atoms with Crippen LogP contribution < -0.4 is 10.2 Å². The molecule has 0 aromatic carbocycles. The van der Waals surface area contributed by atoms with Gasteiger partial charge in [0.15, 0.2) is 5.76 Å². The number of nitrogens with one attached hydrogen (secondary N) is 1. The Morgan fingerprint density at radius 3 is 2.65 bits per heavy atom. The molecule has 3 rings (SSSR count). The van der Waals surface area contributed by atoms with Gasteiger partial charge in [-0.2, -0.15) is 0 Å². The Balaban J connectivity index is 1.60. The second-order valence-electron chi connectivity index (χ2n) is 6.76. The Morgan fingerprint density at radius 1 is 1.23 bits per heavy atom. The van der Waals surface area contributed by atoms with Gasteiger partial charge in [0.1, 0.15) is 5.69 Å². The fraction of sp³-hybridized carbons (Fsp3) is 0.421.